The van der Waals surface area contributed by atoms with Crippen LogP contribution in [0.5, 0.6) is 5.75 Å². The number of halogens is 1. The first-order chi connectivity index (χ1) is 17.4. The molecule has 0 atom stereocenters. The maximum absolute atomic E-state index is 14.9. The lowest BCUT2D eigenvalue weighted by Crippen LogP contribution is -2.16. The summed E-state index contributed by atoms with van der Waals surface area (Å²) in [7, 11) is 1.64. The Labute approximate surface area is 217 Å². The van der Waals surface area contributed by atoms with Gasteiger partial charge in [-0.1, -0.05) is 78.0 Å². The second kappa shape index (κ2) is 15.0. The maximum atomic E-state index is 14.9. The number of unbranched alkanes of at least 4 members (excludes halogenated alkanes) is 2. The molecule has 0 fully saturated rings. The van der Waals surface area contributed by atoms with E-state index in [1.54, 1.807) is 19.3 Å². The van der Waals surface area contributed by atoms with E-state index >= 15 is 0 Å². The van der Waals surface area contributed by atoms with Gasteiger partial charge in [-0.2, -0.15) is 0 Å². The molecule has 0 amide bonds. The Kier molecular flexibility index (Phi) is 12.0. The Morgan fingerprint density at radius 2 is 1.72 bits per heavy atom. The largest absolute Gasteiger partial charge is 0.497 e. The fourth-order valence-corrected chi connectivity index (χ4v) is 4.02. The molecule has 36 heavy (non-hydrogen) atoms. The summed E-state index contributed by atoms with van der Waals surface area (Å²) in [6.45, 7) is 19.8. The average Bonchev–Trinajstić information content (AvgIpc) is 2.89. The van der Waals surface area contributed by atoms with Crippen LogP contribution in [0, 0.1) is 5.82 Å². The molecule has 3 nitrogen and oxygen atoms in total. The molecular formula is C32H43FN2O. The van der Waals surface area contributed by atoms with Gasteiger partial charge >= 0.3 is 0 Å². The van der Waals surface area contributed by atoms with Crippen molar-refractivity contribution in [2.45, 2.75) is 65.7 Å². The van der Waals surface area contributed by atoms with Gasteiger partial charge in [-0.3, -0.25) is 0 Å². The molecule has 2 aromatic carbocycles. The minimum atomic E-state index is -0.290. The van der Waals surface area contributed by atoms with Crippen molar-refractivity contribution in [2.75, 3.05) is 19.0 Å². The minimum absolute atomic E-state index is 0.290. The van der Waals surface area contributed by atoms with Crippen molar-refractivity contribution in [3.05, 3.63) is 90.0 Å². The molecule has 2 N–H and O–H groups in total. The molecule has 0 aliphatic carbocycles. The number of ether oxygens (including phenoxy) is 1. The summed E-state index contributed by atoms with van der Waals surface area (Å²) in [5.74, 6) is 0.488. The number of hydrogen-bond acceptors (Lipinski definition) is 3. The molecule has 4 heteroatoms. The van der Waals surface area contributed by atoms with E-state index in [4.69, 9.17) is 4.74 Å². The van der Waals surface area contributed by atoms with Crippen LogP contribution in [0.25, 0.3) is 17.2 Å². The first kappa shape index (κ1) is 29.0. The van der Waals surface area contributed by atoms with Crippen molar-refractivity contribution in [1.29, 1.82) is 0 Å². The highest BCUT2D eigenvalue weighted by Gasteiger charge is 2.26. The first-order valence-corrected chi connectivity index (χ1v) is 13.1. The van der Waals surface area contributed by atoms with Gasteiger partial charge in [0.05, 0.1) is 12.8 Å². The molecule has 1 aliphatic rings. The zero-order chi connectivity index (χ0) is 26.5. The van der Waals surface area contributed by atoms with Crippen LogP contribution in [0.4, 0.5) is 10.1 Å². The average molecular weight is 491 g/mol. The Morgan fingerprint density at radius 1 is 1.03 bits per heavy atom. The molecule has 194 valence electrons. The van der Waals surface area contributed by atoms with Gasteiger partial charge in [0.2, 0.25) is 0 Å². The van der Waals surface area contributed by atoms with Crippen LogP contribution in [-0.4, -0.2) is 13.7 Å². The van der Waals surface area contributed by atoms with Crippen molar-refractivity contribution >= 4 is 22.9 Å². The van der Waals surface area contributed by atoms with Gasteiger partial charge in [-0.25, -0.2) is 4.39 Å². The van der Waals surface area contributed by atoms with E-state index in [9.17, 15) is 4.39 Å². The van der Waals surface area contributed by atoms with Crippen molar-refractivity contribution in [1.82, 2.24) is 5.32 Å². The number of nitrogens with one attached hydrogen (secondary N) is 2. The number of fused-ring (bicyclic) bond motifs is 1. The van der Waals surface area contributed by atoms with E-state index in [-0.39, 0.29) is 5.82 Å². The third kappa shape index (κ3) is 7.61. The lowest BCUT2D eigenvalue weighted by molar-refractivity contribution is 0.415. The molecule has 0 saturated heterocycles. The Balaban J connectivity index is 0.00000106. The van der Waals surface area contributed by atoms with E-state index in [1.807, 2.05) is 24.3 Å². The molecule has 0 saturated carbocycles. The zero-order valence-corrected chi connectivity index (χ0v) is 22.6. The fourth-order valence-electron chi connectivity index (χ4n) is 4.02. The quantitative estimate of drug-likeness (QED) is 0.291. The number of rotatable bonds is 12. The minimum Gasteiger partial charge on any atom is -0.497 e. The summed E-state index contributed by atoms with van der Waals surface area (Å²) in [4.78, 5) is 0. The zero-order valence-electron chi connectivity index (χ0n) is 22.6. The van der Waals surface area contributed by atoms with E-state index in [0.717, 1.165) is 78.2 Å². The van der Waals surface area contributed by atoms with Crippen molar-refractivity contribution in [3.63, 3.8) is 0 Å². The van der Waals surface area contributed by atoms with Gasteiger partial charge in [0.25, 0.3) is 0 Å². The van der Waals surface area contributed by atoms with Crippen LogP contribution >= 0.6 is 0 Å². The van der Waals surface area contributed by atoms with Crippen LogP contribution in [0.2, 0.25) is 0 Å². The van der Waals surface area contributed by atoms with Crippen molar-refractivity contribution in [3.8, 4) is 5.75 Å². The lowest BCUT2D eigenvalue weighted by Gasteiger charge is -2.29. The number of hydrogen-bond donors (Lipinski definition) is 2. The van der Waals surface area contributed by atoms with Crippen LogP contribution in [-0.2, 0) is 0 Å². The van der Waals surface area contributed by atoms with Crippen LogP contribution in [0.3, 0.4) is 0 Å². The van der Waals surface area contributed by atoms with Crippen LogP contribution < -0.4 is 15.4 Å². The second-order valence-electron chi connectivity index (χ2n) is 9.01. The Morgan fingerprint density at radius 3 is 2.31 bits per heavy atom. The predicted molar refractivity (Wildman–Crippen MR) is 156 cm³/mol. The van der Waals surface area contributed by atoms with Crippen LogP contribution in [0.1, 0.15) is 82.4 Å². The third-order valence-corrected chi connectivity index (χ3v) is 6.28. The molecule has 1 heterocycles. The molecule has 0 radical (unpaired) electrons. The van der Waals surface area contributed by atoms with Gasteiger partial charge in [-0.15, -0.1) is 0 Å². The summed E-state index contributed by atoms with van der Waals surface area (Å²) in [6, 6.07) is 11.0. The summed E-state index contributed by atoms with van der Waals surface area (Å²) < 4.78 is 20.2. The van der Waals surface area contributed by atoms with Crippen LogP contribution in [0.15, 0.2) is 67.5 Å². The fraction of sp³-hybridized carbons (Fsp3) is 0.375. The standard InChI is InChI=1S/C28H33FN2O.C4H10/c1-6-8-18-30-19(3)10-9-11-25-26(22-12-15-23(32-5)16-13-22)20(4)27-24(29)17-14-21(7-2)28(27)31-25;1-3-4-2/h7,12-17,30-31H,2-4,6,8-11,18H2,1,5H3;3-4H2,1-2H3. The van der Waals surface area contributed by atoms with E-state index < -0.39 is 0 Å². The molecule has 0 bridgehead atoms. The maximum Gasteiger partial charge on any atom is 0.133 e. The third-order valence-electron chi connectivity index (χ3n) is 6.28. The summed E-state index contributed by atoms with van der Waals surface area (Å²) >= 11 is 0. The first-order valence-electron chi connectivity index (χ1n) is 13.1. The SMILES string of the molecule is C=Cc1ccc(F)c2c1NC(CCCC(=C)NCCCC)=C(c1ccc(OC)cc1)C2=C.CCCC. The molecule has 0 aromatic heterocycles. The Bertz CT molecular complexity index is 1060. The van der Waals surface area contributed by atoms with Gasteiger partial charge < -0.3 is 15.4 Å². The molecular weight excluding hydrogens is 447 g/mol. The highest BCUT2D eigenvalue weighted by molar-refractivity contribution is 6.11. The normalized spacial score (nSPS) is 12.2. The summed E-state index contributed by atoms with van der Waals surface area (Å²) in [5.41, 5.74) is 6.77. The number of benzene rings is 2. The molecule has 0 spiro atoms. The van der Waals surface area contributed by atoms with E-state index in [0.29, 0.717) is 11.1 Å². The van der Waals surface area contributed by atoms with Crippen molar-refractivity contribution in [2.24, 2.45) is 0 Å². The molecule has 1 aliphatic heterocycles. The monoisotopic (exact) mass is 490 g/mol. The van der Waals surface area contributed by atoms with Gasteiger partial charge in [0.1, 0.15) is 11.6 Å². The van der Waals surface area contributed by atoms with Gasteiger partial charge in [0.15, 0.2) is 0 Å². The smallest absolute Gasteiger partial charge is 0.133 e. The molecule has 2 aromatic rings. The highest BCUT2D eigenvalue weighted by Crippen LogP contribution is 2.45. The molecule has 0 unspecified atom stereocenters. The van der Waals surface area contributed by atoms with Crippen molar-refractivity contribution < 1.29 is 9.13 Å². The summed E-state index contributed by atoms with van der Waals surface area (Å²) in [5, 5.41) is 6.92. The number of allylic oxidation sites excluding steroid dienone is 4. The predicted octanol–water partition coefficient (Wildman–Crippen LogP) is 9.21. The topological polar surface area (TPSA) is 33.3 Å². The number of anilines is 1. The Hall–Kier alpha value is -3.27. The van der Waals surface area contributed by atoms with E-state index in [2.05, 4.69) is 51.1 Å². The highest BCUT2D eigenvalue weighted by atomic mass is 19.1. The second-order valence-corrected chi connectivity index (χ2v) is 9.01. The van der Waals surface area contributed by atoms with Gasteiger partial charge in [0, 0.05) is 29.1 Å². The van der Waals surface area contributed by atoms with Gasteiger partial charge in [-0.05, 0) is 66.6 Å². The number of methoxy groups -OCH3 is 1. The summed E-state index contributed by atoms with van der Waals surface area (Å²) in [6.07, 6.45) is 9.27. The lowest BCUT2D eigenvalue weighted by atomic mass is 9.85. The van der Waals surface area contributed by atoms with E-state index in [1.165, 1.54) is 18.9 Å². The molecule has 3 rings (SSSR count).